The van der Waals surface area contributed by atoms with Gasteiger partial charge in [0.1, 0.15) is 11.3 Å². The number of carboxylic acid groups (broad SMARTS) is 1. The number of pyridine rings is 3. The normalized spacial score (nSPS) is 18.8. The third-order valence-electron chi connectivity index (χ3n) is 6.55. The van der Waals surface area contributed by atoms with Crippen molar-refractivity contribution >= 4 is 28.6 Å². The lowest BCUT2D eigenvalue weighted by Crippen LogP contribution is -2.39. The Morgan fingerprint density at radius 3 is 2.74 bits per heavy atom. The molecule has 11 nitrogen and oxygen atoms in total. The fraction of sp³-hybridized carbons (Fsp3) is 0.259. The predicted octanol–water partition coefficient (Wildman–Crippen LogP) is 3.00. The van der Waals surface area contributed by atoms with E-state index >= 15 is 0 Å². The Bertz CT molecular complexity index is 1530. The summed E-state index contributed by atoms with van der Waals surface area (Å²) in [7, 11) is 1.70. The predicted molar refractivity (Wildman–Crippen MR) is 144 cm³/mol. The summed E-state index contributed by atoms with van der Waals surface area (Å²) in [5.74, 6) is -0.228. The van der Waals surface area contributed by atoms with E-state index < -0.39 is 5.97 Å². The Balaban J connectivity index is 0.000000159. The van der Waals surface area contributed by atoms with Crippen LogP contribution in [0.25, 0.3) is 11.2 Å². The van der Waals surface area contributed by atoms with E-state index in [2.05, 4.69) is 20.3 Å². The molecule has 0 saturated carbocycles. The van der Waals surface area contributed by atoms with Crippen LogP contribution in [-0.4, -0.2) is 53.7 Å². The second-order valence-electron chi connectivity index (χ2n) is 9.07. The van der Waals surface area contributed by atoms with Gasteiger partial charge in [0.15, 0.2) is 11.8 Å². The third-order valence-corrected chi connectivity index (χ3v) is 6.55. The number of hydrogen-bond acceptors (Lipinski definition) is 8. The smallest absolute Gasteiger partial charge is 0.308 e. The molecule has 6 rings (SSSR count). The van der Waals surface area contributed by atoms with Gasteiger partial charge in [0.25, 0.3) is 5.56 Å². The van der Waals surface area contributed by atoms with Gasteiger partial charge in [-0.3, -0.25) is 9.59 Å². The number of nitrogens with zero attached hydrogens (tertiary/aromatic N) is 8. The van der Waals surface area contributed by atoms with Gasteiger partial charge in [-0.25, -0.2) is 9.97 Å². The van der Waals surface area contributed by atoms with E-state index in [4.69, 9.17) is 5.11 Å². The van der Waals surface area contributed by atoms with Crippen molar-refractivity contribution < 1.29 is 9.90 Å². The minimum atomic E-state index is -0.751. The molecular formula is C27H28N8O3. The first kappa shape index (κ1) is 24.9. The molecule has 4 aromatic rings. The fourth-order valence-corrected chi connectivity index (χ4v) is 4.51. The molecule has 1 fully saturated rings. The molecular weight excluding hydrogens is 484 g/mol. The van der Waals surface area contributed by atoms with Crippen molar-refractivity contribution in [3.63, 3.8) is 0 Å². The topological polar surface area (TPSA) is 122 Å². The molecule has 2 atom stereocenters. The third kappa shape index (κ3) is 5.31. The van der Waals surface area contributed by atoms with Crippen molar-refractivity contribution in [3.8, 4) is 0 Å². The van der Waals surface area contributed by atoms with E-state index in [0.717, 1.165) is 42.1 Å². The number of carboxylic acids is 1. The van der Waals surface area contributed by atoms with Crippen molar-refractivity contribution in [1.82, 2.24) is 29.5 Å². The van der Waals surface area contributed by atoms with Gasteiger partial charge >= 0.3 is 5.97 Å². The summed E-state index contributed by atoms with van der Waals surface area (Å²) in [6.07, 6.45) is 14.6. The van der Waals surface area contributed by atoms with Crippen molar-refractivity contribution in [2.75, 3.05) is 22.9 Å². The molecule has 0 bridgehead atoms. The maximum atomic E-state index is 11.5. The summed E-state index contributed by atoms with van der Waals surface area (Å²) in [5.41, 5.74) is 2.28. The average molecular weight is 513 g/mol. The zero-order valence-electron chi connectivity index (χ0n) is 20.9. The number of anilines is 2. The van der Waals surface area contributed by atoms with Gasteiger partial charge in [0, 0.05) is 56.7 Å². The van der Waals surface area contributed by atoms with Gasteiger partial charge < -0.3 is 19.5 Å². The standard InChI is InChI=1S/C15H12N6.C12H16N2O3/c1-3-9-16-13(7-1)20-11-4-2-8-14(20)21-15-12(18-19-21)6-5-10-17-15;1-13-6-4-10(7-11(13)15)14-5-2-3-9(8-14)12(16)17/h1-11,14H;4,6-7,9H,2-3,5,8H2,1H3,(H,16,17). The van der Waals surface area contributed by atoms with Gasteiger partial charge in [-0.1, -0.05) is 17.4 Å². The summed E-state index contributed by atoms with van der Waals surface area (Å²) < 4.78 is 3.30. The molecule has 0 spiro atoms. The van der Waals surface area contributed by atoms with Crippen LogP contribution in [0.5, 0.6) is 0 Å². The van der Waals surface area contributed by atoms with Gasteiger partial charge in [-0.15, -0.1) is 5.10 Å². The molecule has 2 aliphatic heterocycles. The van der Waals surface area contributed by atoms with Crippen LogP contribution in [0.1, 0.15) is 19.0 Å². The Labute approximate surface area is 219 Å². The first-order valence-electron chi connectivity index (χ1n) is 12.4. The molecule has 6 heterocycles. The largest absolute Gasteiger partial charge is 0.481 e. The quantitative estimate of drug-likeness (QED) is 0.440. The van der Waals surface area contributed by atoms with Crippen LogP contribution in [0, 0.1) is 5.92 Å². The minimum absolute atomic E-state index is 0.0695. The van der Waals surface area contributed by atoms with Crippen LogP contribution >= 0.6 is 0 Å². The molecule has 11 heteroatoms. The summed E-state index contributed by atoms with van der Waals surface area (Å²) >= 11 is 0. The van der Waals surface area contributed by atoms with Gasteiger partial charge in [0.05, 0.1) is 5.92 Å². The first-order chi connectivity index (χ1) is 18.5. The number of allylic oxidation sites excluding steroid dienone is 2. The van der Waals surface area contributed by atoms with E-state index in [1.165, 1.54) is 4.57 Å². The number of aliphatic carboxylic acids is 1. The summed E-state index contributed by atoms with van der Waals surface area (Å²) in [6, 6.07) is 13.0. The lowest BCUT2D eigenvalue weighted by Gasteiger charge is -2.32. The van der Waals surface area contributed by atoms with Crippen LogP contribution in [0.15, 0.2) is 90.3 Å². The molecule has 0 radical (unpaired) electrons. The van der Waals surface area contributed by atoms with Crippen molar-refractivity contribution in [3.05, 3.63) is 95.8 Å². The highest BCUT2D eigenvalue weighted by atomic mass is 16.4. The number of rotatable bonds is 4. The Hall–Kier alpha value is -4.80. The molecule has 1 N–H and O–H groups in total. The van der Waals surface area contributed by atoms with Crippen LogP contribution in [0.3, 0.4) is 0 Å². The van der Waals surface area contributed by atoms with Crippen LogP contribution < -0.4 is 15.4 Å². The highest BCUT2D eigenvalue weighted by molar-refractivity contribution is 5.71. The van der Waals surface area contributed by atoms with E-state index in [9.17, 15) is 9.59 Å². The molecule has 1 saturated heterocycles. The molecule has 38 heavy (non-hydrogen) atoms. The van der Waals surface area contributed by atoms with Gasteiger partial charge in [-0.2, -0.15) is 4.68 Å². The fourth-order valence-electron chi connectivity index (χ4n) is 4.51. The highest BCUT2D eigenvalue weighted by Crippen LogP contribution is 2.26. The van der Waals surface area contributed by atoms with E-state index in [1.54, 1.807) is 36.4 Å². The lowest BCUT2D eigenvalue weighted by molar-refractivity contribution is -0.141. The molecule has 2 unspecified atom stereocenters. The molecule has 0 aromatic carbocycles. The van der Waals surface area contributed by atoms with Crippen molar-refractivity contribution in [1.29, 1.82) is 0 Å². The Morgan fingerprint density at radius 1 is 1.08 bits per heavy atom. The first-order valence-corrected chi connectivity index (χ1v) is 12.4. The average Bonchev–Trinajstić information content (AvgIpc) is 3.39. The van der Waals surface area contributed by atoms with Crippen molar-refractivity contribution in [2.45, 2.75) is 19.0 Å². The molecule has 0 aliphatic carbocycles. The van der Waals surface area contributed by atoms with Gasteiger partial charge in [0.2, 0.25) is 0 Å². The second kappa shape index (κ2) is 11.1. The lowest BCUT2D eigenvalue weighted by atomic mass is 9.98. The molecule has 4 aromatic heterocycles. The highest BCUT2D eigenvalue weighted by Gasteiger charge is 2.26. The number of aryl methyl sites for hydroxylation is 1. The second-order valence-corrected chi connectivity index (χ2v) is 9.07. The summed E-state index contributed by atoms with van der Waals surface area (Å²) in [6.45, 7) is 1.31. The van der Waals surface area contributed by atoms with E-state index in [-0.39, 0.29) is 17.6 Å². The number of fused-ring (bicyclic) bond motifs is 1. The zero-order chi connectivity index (χ0) is 26.5. The number of piperidine rings is 1. The molecule has 194 valence electrons. The van der Waals surface area contributed by atoms with Gasteiger partial charge in [-0.05, 0) is 55.3 Å². The number of aromatic nitrogens is 6. The van der Waals surface area contributed by atoms with Crippen molar-refractivity contribution in [2.24, 2.45) is 13.0 Å². The SMILES string of the molecule is C1=CC(n2nnc3cccnc32)N(c2ccccn2)C=C1.Cn1ccc(N2CCCC(C(=O)O)C2)cc1=O. The Morgan fingerprint density at radius 2 is 1.95 bits per heavy atom. The summed E-state index contributed by atoms with van der Waals surface area (Å²) in [5, 5.41) is 17.4. The van der Waals surface area contributed by atoms with Crippen LogP contribution in [0.2, 0.25) is 0 Å². The number of hydrogen-bond donors (Lipinski definition) is 1. The van der Waals surface area contributed by atoms with Crippen LogP contribution in [0.4, 0.5) is 11.5 Å². The Kier molecular flexibility index (Phi) is 7.25. The zero-order valence-corrected chi connectivity index (χ0v) is 20.9. The maximum absolute atomic E-state index is 11.5. The van der Waals surface area contributed by atoms with Crippen LogP contribution in [-0.2, 0) is 11.8 Å². The summed E-state index contributed by atoms with van der Waals surface area (Å²) in [4.78, 5) is 35.3. The maximum Gasteiger partial charge on any atom is 0.308 e. The van der Waals surface area contributed by atoms with E-state index in [1.807, 2.05) is 70.6 Å². The minimum Gasteiger partial charge on any atom is -0.481 e. The van der Waals surface area contributed by atoms with E-state index in [0.29, 0.717) is 6.54 Å². The monoisotopic (exact) mass is 512 g/mol. The number of carbonyl (C=O) groups is 1. The molecule has 0 amide bonds. The molecule has 2 aliphatic rings.